The van der Waals surface area contributed by atoms with Gasteiger partial charge in [0, 0.05) is 6.04 Å². The summed E-state index contributed by atoms with van der Waals surface area (Å²) in [5, 5.41) is 2.88. The van der Waals surface area contributed by atoms with Gasteiger partial charge in [-0.1, -0.05) is 20.4 Å². The Hall–Kier alpha value is -0.790. The molecule has 11 heavy (non-hydrogen) atoms. The zero-order chi connectivity index (χ0) is 8.43. The lowest BCUT2D eigenvalue weighted by molar-refractivity contribution is -0.116. The first-order chi connectivity index (χ1) is 5.15. The highest BCUT2D eigenvalue weighted by Gasteiger charge is 2.39. The predicted molar refractivity (Wildman–Crippen MR) is 45.1 cm³/mol. The van der Waals surface area contributed by atoms with E-state index in [0.29, 0.717) is 17.9 Å². The van der Waals surface area contributed by atoms with E-state index in [0.717, 1.165) is 6.42 Å². The van der Waals surface area contributed by atoms with Gasteiger partial charge in [0.2, 0.25) is 5.91 Å². The van der Waals surface area contributed by atoms with Gasteiger partial charge in [-0.2, -0.15) is 0 Å². The third kappa shape index (κ3) is 2.07. The fourth-order valence-electron chi connectivity index (χ4n) is 1.36. The highest BCUT2D eigenvalue weighted by atomic mass is 16.1. The van der Waals surface area contributed by atoms with E-state index in [2.05, 4.69) is 25.7 Å². The van der Waals surface area contributed by atoms with E-state index in [9.17, 15) is 4.79 Å². The third-order valence-electron chi connectivity index (χ3n) is 2.21. The molecule has 1 aliphatic carbocycles. The van der Waals surface area contributed by atoms with Crippen LogP contribution in [0.15, 0.2) is 12.7 Å². The van der Waals surface area contributed by atoms with E-state index >= 15 is 0 Å². The van der Waals surface area contributed by atoms with E-state index in [-0.39, 0.29) is 5.91 Å². The molecule has 1 fully saturated rings. The Balaban J connectivity index is 2.23. The minimum atomic E-state index is -0.0434. The lowest BCUT2D eigenvalue weighted by Gasteiger charge is -2.02. The maximum absolute atomic E-state index is 10.8. The highest BCUT2D eigenvalue weighted by molar-refractivity contribution is 5.87. The SMILES string of the molecule is C=CC(=O)N[C@@H]1C[C@H]1C(C)C. The van der Waals surface area contributed by atoms with E-state index in [1.165, 1.54) is 6.08 Å². The third-order valence-corrected chi connectivity index (χ3v) is 2.21. The summed E-state index contributed by atoms with van der Waals surface area (Å²) in [7, 11) is 0. The van der Waals surface area contributed by atoms with Crippen molar-refractivity contribution in [3.05, 3.63) is 12.7 Å². The fraction of sp³-hybridized carbons (Fsp3) is 0.667. The number of carbonyl (C=O) groups is 1. The van der Waals surface area contributed by atoms with Gasteiger partial charge in [-0.25, -0.2) is 0 Å². The molecule has 0 aromatic heterocycles. The molecule has 62 valence electrons. The summed E-state index contributed by atoms with van der Waals surface area (Å²) in [6.45, 7) is 7.77. The van der Waals surface area contributed by atoms with Gasteiger partial charge in [0.05, 0.1) is 0 Å². The fourth-order valence-corrected chi connectivity index (χ4v) is 1.36. The monoisotopic (exact) mass is 153 g/mol. The van der Waals surface area contributed by atoms with Crippen molar-refractivity contribution in [1.29, 1.82) is 0 Å². The van der Waals surface area contributed by atoms with Gasteiger partial charge in [0.25, 0.3) is 0 Å². The molecule has 1 amide bonds. The molecule has 0 aliphatic heterocycles. The number of rotatable bonds is 3. The molecule has 2 atom stereocenters. The lowest BCUT2D eigenvalue weighted by Crippen LogP contribution is -2.25. The summed E-state index contributed by atoms with van der Waals surface area (Å²) < 4.78 is 0. The van der Waals surface area contributed by atoms with Crippen LogP contribution in [0.3, 0.4) is 0 Å². The Kier molecular flexibility index (Phi) is 2.32. The largest absolute Gasteiger partial charge is 0.350 e. The van der Waals surface area contributed by atoms with E-state index in [4.69, 9.17) is 0 Å². The van der Waals surface area contributed by atoms with Gasteiger partial charge in [0.1, 0.15) is 0 Å². The van der Waals surface area contributed by atoms with Crippen LogP contribution in [0.5, 0.6) is 0 Å². The van der Waals surface area contributed by atoms with Crippen LogP contribution in [0.4, 0.5) is 0 Å². The first-order valence-electron chi connectivity index (χ1n) is 4.08. The molecular formula is C9H15NO. The zero-order valence-electron chi connectivity index (χ0n) is 7.13. The van der Waals surface area contributed by atoms with Crippen molar-refractivity contribution < 1.29 is 4.79 Å². The Bertz CT molecular complexity index is 174. The van der Waals surface area contributed by atoms with Crippen LogP contribution in [0.25, 0.3) is 0 Å². The van der Waals surface area contributed by atoms with E-state index in [1.807, 2.05) is 0 Å². The summed E-state index contributed by atoms with van der Waals surface area (Å²) in [6.07, 6.45) is 2.47. The summed E-state index contributed by atoms with van der Waals surface area (Å²) in [6, 6.07) is 0.417. The summed E-state index contributed by atoms with van der Waals surface area (Å²) in [5.74, 6) is 1.34. The molecular weight excluding hydrogens is 138 g/mol. The van der Waals surface area contributed by atoms with Gasteiger partial charge in [-0.3, -0.25) is 4.79 Å². The molecule has 1 aliphatic rings. The van der Waals surface area contributed by atoms with Crippen LogP contribution in [0.2, 0.25) is 0 Å². The molecule has 0 aromatic carbocycles. The number of hydrogen-bond acceptors (Lipinski definition) is 1. The highest BCUT2D eigenvalue weighted by Crippen LogP contribution is 2.36. The first kappa shape index (κ1) is 8.31. The molecule has 1 saturated carbocycles. The maximum atomic E-state index is 10.8. The molecule has 0 unspecified atom stereocenters. The normalized spacial score (nSPS) is 28.3. The van der Waals surface area contributed by atoms with Gasteiger partial charge in [0.15, 0.2) is 0 Å². The molecule has 2 nitrogen and oxygen atoms in total. The van der Waals surface area contributed by atoms with Crippen LogP contribution in [0, 0.1) is 11.8 Å². The van der Waals surface area contributed by atoms with Crippen molar-refractivity contribution in [2.45, 2.75) is 26.3 Å². The summed E-state index contributed by atoms with van der Waals surface area (Å²) >= 11 is 0. The number of amides is 1. The second kappa shape index (κ2) is 3.07. The number of carbonyl (C=O) groups excluding carboxylic acids is 1. The topological polar surface area (TPSA) is 29.1 Å². The first-order valence-corrected chi connectivity index (χ1v) is 4.08. The zero-order valence-corrected chi connectivity index (χ0v) is 7.13. The van der Waals surface area contributed by atoms with Crippen LogP contribution < -0.4 is 5.32 Å². The average molecular weight is 153 g/mol. The van der Waals surface area contributed by atoms with Crippen LogP contribution >= 0.6 is 0 Å². The van der Waals surface area contributed by atoms with Crippen molar-refractivity contribution >= 4 is 5.91 Å². The molecule has 0 saturated heterocycles. The lowest BCUT2D eigenvalue weighted by atomic mass is 10.1. The summed E-state index contributed by atoms with van der Waals surface area (Å²) in [5.41, 5.74) is 0. The van der Waals surface area contributed by atoms with Gasteiger partial charge >= 0.3 is 0 Å². The van der Waals surface area contributed by atoms with Crippen LogP contribution in [-0.2, 0) is 4.79 Å². The minimum absolute atomic E-state index is 0.0434. The molecule has 2 heteroatoms. The molecule has 0 bridgehead atoms. The average Bonchev–Trinajstić information content (AvgIpc) is 2.67. The van der Waals surface area contributed by atoms with Crippen LogP contribution in [-0.4, -0.2) is 11.9 Å². The van der Waals surface area contributed by atoms with Crippen molar-refractivity contribution in [2.75, 3.05) is 0 Å². The number of nitrogens with one attached hydrogen (secondary N) is 1. The Morgan fingerprint density at radius 2 is 2.36 bits per heavy atom. The second-order valence-corrected chi connectivity index (χ2v) is 3.46. The van der Waals surface area contributed by atoms with Crippen molar-refractivity contribution in [2.24, 2.45) is 11.8 Å². The Morgan fingerprint density at radius 1 is 1.73 bits per heavy atom. The van der Waals surface area contributed by atoms with Crippen molar-refractivity contribution in [3.8, 4) is 0 Å². The second-order valence-electron chi connectivity index (χ2n) is 3.46. The molecule has 0 aromatic rings. The standard InChI is InChI=1S/C9H15NO/c1-4-9(11)10-8-5-7(8)6(2)3/h4,6-8H,1,5H2,2-3H3,(H,10,11)/t7-,8+/m0/s1. The molecule has 0 radical (unpaired) electrons. The Morgan fingerprint density at radius 3 is 2.73 bits per heavy atom. The minimum Gasteiger partial charge on any atom is -0.350 e. The van der Waals surface area contributed by atoms with Gasteiger partial charge < -0.3 is 5.32 Å². The van der Waals surface area contributed by atoms with Crippen molar-refractivity contribution in [1.82, 2.24) is 5.32 Å². The van der Waals surface area contributed by atoms with Gasteiger partial charge in [-0.15, -0.1) is 0 Å². The smallest absolute Gasteiger partial charge is 0.243 e. The van der Waals surface area contributed by atoms with Crippen molar-refractivity contribution in [3.63, 3.8) is 0 Å². The van der Waals surface area contributed by atoms with Crippen LogP contribution in [0.1, 0.15) is 20.3 Å². The number of hydrogen-bond donors (Lipinski definition) is 1. The molecule has 1 rings (SSSR count). The Labute approximate surface area is 67.7 Å². The van der Waals surface area contributed by atoms with E-state index in [1.54, 1.807) is 0 Å². The van der Waals surface area contributed by atoms with Gasteiger partial charge in [-0.05, 0) is 24.3 Å². The molecule has 0 heterocycles. The maximum Gasteiger partial charge on any atom is 0.243 e. The quantitative estimate of drug-likeness (QED) is 0.609. The summed E-state index contributed by atoms with van der Waals surface area (Å²) in [4.78, 5) is 10.8. The predicted octanol–water partition coefficient (Wildman–Crippen LogP) is 1.33. The van der Waals surface area contributed by atoms with E-state index < -0.39 is 0 Å². The molecule has 1 N–H and O–H groups in total. The molecule has 0 spiro atoms.